The molecule has 0 amide bonds. The number of hydrogen-bond donors (Lipinski definition) is 1. The second kappa shape index (κ2) is 5.35. The molecule has 2 heterocycles. The van der Waals surface area contributed by atoms with E-state index in [9.17, 15) is 0 Å². The number of nitrogens with one attached hydrogen (secondary N) is 1. The highest BCUT2D eigenvalue weighted by molar-refractivity contribution is 5.10. The van der Waals surface area contributed by atoms with E-state index in [-0.39, 0.29) is 6.04 Å². The summed E-state index contributed by atoms with van der Waals surface area (Å²) in [6, 6.07) is 2.69. The van der Waals surface area contributed by atoms with Gasteiger partial charge in [-0.15, -0.1) is 0 Å². The molecule has 18 heavy (non-hydrogen) atoms. The van der Waals surface area contributed by atoms with E-state index in [2.05, 4.69) is 35.3 Å². The van der Waals surface area contributed by atoms with Gasteiger partial charge in [0, 0.05) is 31.9 Å². The predicted octanol–water partition coefficient (Wildman–Crippen LogP) is 1.70. The SMILES string of the molecule is CNC(Cc1ccn(C(C)C)n1)c1cn(C)cn1. The van der Waals surface area contributed by atoms with Gasteiger partial charge in [0.2, 0.25) is 0 Å². The lowest BCUT2D eigenvalue weighted by Gasteiger charge is -2.12. The van der Waals surface area contributed by atoms with Crippen LogP contribution in [0.15, 0.2) is 24.8 Å². The van der Waals surface area contributed by atoms with E-state index in [1.54, 1.807) is 0 Å². The Bertz CT molecular complexity index is 497. The van der Waals surface area contributed by atoms with Gasteiger partial charge in [-0.05, 0) is 27.0 Å². The number of rotatable bonds is 5. The Balaban J connectivity index is 2.10. The van der Waals surface area contributed by atoms with Crippen molar-refractivity contribution in [3.05, 3.63) is 36.2 Å². The summed E-state index contributed by atoms with van der Waals surface area (Å²) in [5, 5.41) is 7.87. The summed E-state index contributed by atoms with van der Waals surface area (Å²) in [6.45, 7) is 4.26. The van der Waals surface area contributed by atoms with Gasteiger partial charge in [0.25, 0.3) is 0 Å². The lowest BCUT2D eigenvalue weighted by atomic mass is 10.1. The molecule has 0 saturated carbocycles. The highest BCUT2D eigenvalue weighted by atomic mass is 15.3. The normalized spacial score (nSPS) is 13.2. The van der Waals surface area contributed by atoms with Crippen LogP contribution in [-0.2, 0) is 13.5 Å². The van der Waals surface area contributed by atoms with Crippen LogP contribution in [-0.4, -0.2) is 26.4 Å². The first-order valence-electron chi connectivity index (χ1n) is 6.29. The van der Waals surface area contributed by atoms with Crippen molar-refractivity contribution in [3.8, 4) is 0 Å². The third-order valence-electron chi connectivity index (χ3n) is 3.04. The number of aromatic nitrogens is 4. The van der Waals surface area contributed by atoms with Crippen LogP contribution in [0.2, 0.25) is 0 Å². The van der Waals surface area contributed by atoms with E-state index >= 15 is 0 Å². The molecule has 5 nitrogen and oxygen atoms in total. The third kappa shape index (κ3) is 2.79. The fourth-order valence-corrected chi connectivity index (χ4v) is 1.95. The minimum absolute atomic E-state index is 0.210. The van der Waals surface area contributed by atoms with Crippen molar-refractivity contribution in [2.24, 2.45) is 7.05 Å². The fourth-order valence-electron chi connectivity index (χ4n) is 1.95. The van der Waals surface area contributed by atoms with Gasteiger partial charge in [0.15, 0.2) is 0 Å². The van der Waals surface area contributed by atoms with Gasteiger partial charge in [0.05, 0.1) is 23.8 Å². The zero-order valence-electron chi connectivity index (χ0n) is 11.5. The molecule has 2 rings (SSSR count). The molecule has 0 spiro atoms. The second-order valence-corrected chi connectivity index (χ2v) is 4.89. The van der Waals surface area contributed by atoms with Crippen molar-refractivity contribution in [1.82, 2.24) is 24.6 Å². The minimum atomic E-state index is 0.210. The lowest BCUT2D eigenvalue weighted by molar-refractivity contribution is 0.512. The van der Waals surface area contributed by atoms with Crippen LogP contribution < -0.4 is 5.32 Å². The number of nitrogens with zero attached hydrogens (tertiary/aromatic N) is 4. The maximum absolute atomic E-state index is 4.57. The Morgan fingerprint density at radius 3 is 2.67 bits per heavy atom. The average Bonchev–Trinajstić information content (AvgIpc) is 2.94. The first kappa shape index (κ1) is 12.8. The molecule has 1 N–H and O–H groups in total. The van der Waals surface area contributed by atoms with Crippen molar-refractivity contribution in [2.45, 2.75) is 32.4 Å². The van der Waals surface area contributed by atoms with Gasteiger partial charge in [-0.3, -0.25) is 4.68 Å². The highest BCUT2D eigenvalue weighted by Crippen LogP contribution is 2.15. The quantitative estimate of drug-likeness (QED) is 0.875. The topological polar surface area (TPSA) is 47.7 Å². The van der Waals surface area contributed by atoms with E-state index in [1.807, 2.05) is 42.1 Å². The lowest BCUT2D eigenvalue weighted by Crippen LogP contribution is -2.19. The van der Waals surface area contributed by atoms with Crippen molar-refractivity contribution in [2.75, 3.05) is 7.05 Å². The molecule has 0 aliphatic heterocycles. The summed E-state index contributed by atoms with van der Waals surface area (Å²) in [7, 11) is 3.94. The molecule has 0 fully saturated rings. The predicted molar refractivity (Wildman–Crippen MR) is 71.3 cm³/mol. The van der Waals surface area contributed by atoms with Gasteiger partial charge in [-0.2, -0.15) is 5.10 Å². The van der Waals surface area contributed by atoms with E-state index < -0.39 is 0 Å². The van der Waals surface area contributed by atoms with Crippen LogP contribution in [0, 0.1) is 0 Å². The highest BCUT2D eigenvalue weighted by Gasteiger charge is 2.14. The van der Waals surface area contributed by atoms with Crippen LogP contribution in [0.5, 0.6) is 0 Å². The van der Waals surface area contributed by atoms with E-state index in [0.29, 0.717) is 6.04 Å². The largest absolute Gasteiger partial charge is 0.340 e. The molecule has 1 unspecified atom stereocenters. The summed E-state index contributed by atoms with van der Waals surface area (Å²) in [6.07, 6.45) is 6.76. The summed E-state index contributed by atoms with van der Waals surface area (Å²) in [4.78, 5) is 4.39. The number of hydrogen-bond acceptors (Lipinski definition) is 3. The van der Waals surface area contributed by atoms with E-state index in [4.69, 9.17) is 0 Å². The van der Waals surface area contributed by atoms with Crippen molar-refractivity contribution in [1.29, 1.82) is 0 Å². The maximum Gasteiger partial charge on any atom is 0.0947 e. The van der Waals surface area contributed by atoms with E-state index in [0.717, 1.165) is 17.8 Å². The molecular weight excluding hydrogens is 226 g/mol. The molecule has 98 valence electrons. The molecule has 2 aromatic rings. The van der Waals surface area contributed by atoms with Gasteiger partial charge in [-0.1, -0.05) is 0 Å². The fraction of sp³-hybridized carbons (Fsp3) is 0.538. The standard InChI is InChI=1S/C13H21N5/c1-10(2)18-6-5-11(16-18)7-12(14-3)13-8-17(4)9-15-13/h5-6,8-10,12,14H,7H2,1-4H3. The van der Waals surface area contributed by atoms with Crippen molar-refractivity contribution < 1.29 is 0 Å². The first-order chi connectivity index (χ1) is 8.60. The summed E-state index contributed by atoms with van der Waals surface area (Å²) < 4.78 is 3.95. The Hall–Kier alpha value is -1.62. The smallest absolute Gasteiger partial charge is 0.0947 e. The monoisotopic (exact) mass is 247 g/mol. The summed E-state index contributed by atoms with van der Waals surface area (Å²) in [5.74, 6) is 0. The number of imidazole rings is 1. The second-order valence-electron chi connectivity index (χ2n) is 4.89. The van der Waals surface area contributed by atoms with Gasteiger partial charge >= 0.3 is 0 Å². The Kier molecular flexibility index (Phi) is 3.81. The van der Waals surface area contributed by atoms with Crippen LogP contribution >= 0.6 is 0 Å². The van der Waals surface area contributed by atoms with Gasteiger partial charge in [0.1, 0.15) is 0 Å². The molecular formula is C13H21N5. The number of likely N-dealkylation sites (N-methyl/N-ethyl adjacent to an activating group) is 1. The molecule has 0 radical (unpaired) electrons. The Morgan fingerprint density at radius 1 is 1.39 bits per heavy atom. The van der Waals surface area contributed by atoms with Gasteiger partial charge < -0.3 is 9.88 Å². The van der Waals surface area contributed by atoms with Crippen LogP contribution in [0.3, 0.4) is 0 Å². The van der Waals surface area contributed by atoms with Crippen LogP contribution in [0.4, 0.5) is 0 Å². The molecule has 0 bridgehead atoms. The van der Waals surface area contributed by atoms with Gasteiger partial charge in [-0.25, -0.2) is 4.98 Å². The average molecular weight is 247 g/mol. The zero-order valence-corrected chi connectivity index (χ0v) is 11.5. The first-order valence-corrected chi connectivity index (χ1v) is 6.29. The number of aryl methyl sites for hydroxylation is 1. The molecule has 0 aromatic carbocycles. The molecule has 5 heteroatoms. The summed E-state index contributed by atoms with van der Waals surface area (Å²) >= 11 is 0. The minimum Gasteiger partial charge on any atom is -0.340 e. The molecule has 1 atom stereocenters. The molecule has 2 aromatic heterocycles. The molecule has 0 saturated heterocycles. The van der Waals surface area contributed by atoms with E-state index in [1.165, 1.54) is 0 Å². The Morgan fingerprint density at radius 2 is 2.17 bits per heavy atom. The van der Waals surface area contributed by atoms with Crippen LogP contribution in [0.1, 0.15) is 37.3 Å². The third-order valence-corrected chi connectivity index (χ3v) is 3.04. The molecule has 0 aliphatic rings. The van der Waals surface area contributed by atoms with Crippen molar-refractivity contribution in [3.63, 3.8) is 0 Å². The van der Waals surface area contributed by atoms with Crippen molar-refractivity contribution >= 4 is 0 Å². The summed E-state index contributed by atoms with van der Waals surface area (Å²) in [5.41, 5.74) is 2.15. The van der Waals surface area contributed by atoms with Crippen LogP contribution in [0.25, 0.3) is 0 Å². The Labute approximate surface area is 108 Å². The maximum atomic E-state index is 4.57. The zero-order chi connectivity index (χ0) is 13.1. The molecule has 0 aliphatic carbocycles.